The summed E-state index contributed by atoms with van der Waals surface area (Å²) in [4.78, 5) is 16.8. The first-order chi connectivity index (χ1) is 14.5. The second-order valence-corrected chi connectivity index (χ2v) is 7.85. The predicted molar refractivity (Wildman–Crippen MR) is 118 cm³/mol. The van der Waals surface area contributed by atoms with Crippen molar-refractivity contribution in [2.24, 2.45) is 0 Å². The fourth-order valence-corrected chi connectivity index (χ4v) is 3.87. The van der Waals surface area contributed by atoms with Crippen molar-refractivity contribution < 1.29 is 23.7 Å². The largest absolute Gasteiger partial charge is 0.493 e. The highest BCUT2D eigenvalue weighted by molar-refractivity contribution is 9.10. The molecule has 0 aliphatic carbocycles. The molecule has 2 aromatic rings. The Balaban J connectivity index is 1.51. The van der Waals surface area contributed by atoms with Gasteiger partial charge in [0.05, 0.1) is 21.3 Å². The van der Waals surface area contributed by atoms with Crippen LogP contribution in [0, 0.1) is 0 Å². The second kappa shape index (κ2) is 10.5. The molecular formula is C22H27BrN2O5. The minimum atomic E-state index is -0.0374. The van der Waals surface area contributed by atoms with Gasteiger partial charge < -0.3 is 23.8 Å². The summed E-state index contributed by atoms with van der Waals surface area (Å²) in [5.74, 6) is 1.91. The van der Waals surface area contributed by atoms with E-state index in [0.717, 1.165) is 24.1 Å². The Hall–Kier alpha value is -2.45. The number of benzene rings is 2. The molecule has 0 bridgehead atoms. The van der Waals surface area contributed by atoms with Gasteiger partial charge in [-0.3, -0.25) is 9.69 Å². The number of hydrogen-bond donors (Lipinski definition) is 0. The van der Waals surface area contributed by atoms with Crippen molar-refractivity contribution >= 4 is 21.8 Å². The first-order valence-electron chi connectivity index (χ1n) is 9.71. The highest BCUT2D eigenvalue weighted by atomic mass is 79.9. The van der Waals surface area contributed by atoms with Crippen LogP contribution in [-0.2, 0) is 11.3 Å². The predicted octanol–water partition coefficient (Wildman–Crippen LogP) is 3.20. The molecule has 0 atom stereocenters. The summed E-state index contributed by atoms with van der Waals surface area (Å²) < 4.78 is 22.7. The lowest BCUT2D eigenvalue weighted by molar-refractivity contribution is -0.135. The summed E-state index contributed by atoms with van der Waals surface area (Å²) in [6.07, 6.45) is 0. The maximum atomic E-state index is 12.6. The van der Waals surface area contributed by atoms with E-state index < -0.39 is 0 Å². The average Bonchev–Trinajstić information content (AvgIpc) is 2.77. The van der Waals surface area contributed by atoms with E-state index >= 15 is 0 Å². The van der Waals surface area contributed by atoms with Crippen LogP contribution in [0.3, 0.4) is 0 Å². The van der Waals surface area contributed by atoms with E-state index in [1.807, 2.05) is 17.0 Å². The lowest BCUT2D eigenvalue weighted by Gasteiger charge is -2.34. The highest BCUT2D eigenvalue weighted by Crippen LogP contribution is 2.40. The van der Waals surface area contributed by atoms with Crippen LogP contribution in [0.4, 0.5) is 0 Å². The van der Waals surface area contributed by atoms with E-state index in [4.69, 9.17) is 18.9 Å². The molecule has 7 nitrogen and oxygen atoms in total. The molecule has 3 rings (SSSR count). The Bertz CT molecular complexity index is 843. The van der Waals surface area contributed by atoms with Crippen molar-refractivity contribution in [3.8, 4) is 23.0 Å². The molecule has 0 radical (unpaired) electrons. The van der Waals surface area contributed by atoms with Crippen LogP contribution in [0.15, 0.2) is 40.9 Å². The van der Waals surface area contributed by atoms with Crippen LogP contribution < -0.4 is 18.9 Å². The Morgan fingerprint density at radius 2 is 1.63 bits per heavy atom. The third kappa shape index (κ3) is 5.58. The molecule has 0 saturated carbocycles. The number of rotatable bonds is 8. The van der Waals surface area contributed by atoms with Gasteiger partial charge in [0.15, 0.2) is 18.1 Å². The third-order valence-electron chi connectivity index (χ3n) is 5.02. The fourth-order valence-electron chi connectivity index (χ4n) is 3.43. The van der Waals surface area contributed by atoms with Gasteiger partial charge >= 0.3 is 0 Å². The Labute approximate surface area is 185 Å². The monoisotopic (exact) mass is 478 g/mol. The number of ether oxygens (including phenoxy) is 4. The third-order valence-corrected chi connectivity index (χ3v) is 5.51. The number of methoxy groups -OCH3 is 3. The van der Waals surface area contributed by atoms with Crippen molar-refractivity contribution in [1.29, 1.82) is 0 Å². The van der Waals surface area contributed by atoms with Gasteiger partial charge in [-0.1, -0.05) is 28.1 Å². The van der Waals surface area contributed by atoms with Gasteiger partial charge in [-0.05, 0) is 17.7 Å². The number of piperazine rings is 1. The van der Waals surface area contributed by atoms with Gasteiger partial charge in [-0.2, -0.15) is 0 Å². The number of nitrogens with zero attached hydrogens (tertiary/aromatic N) is 2. The Kier molecular flexibility index (Phi) is 7.81. The Morgan fingerprint density at radius 3 is 2.20 bits per heavy atom. The van der Waals surface area contributed by atoms with Crippen LogP contribution in [0.5, 0.6) is 23.0 Å². The van der Waals surface area contributed by atoms with Gasteiger partial charge in [0.1, 0.15) is 5.75 Å². The van der Waals surface area contributed by atoms with Crippen LogP contribution in [0.2, 0.25) is 0 Å². The molecule has 1 fully saturated rings. The first kappa shape index (κ1) is 22.2. The van der Waals surface area contributed by atoms with Crippen LogP contribution in [0.1, 0.15) is 5.56 Å². The Morgan fingerprint density at radius 1 is 0.967 bits per heavy atom. The molecule has 1 aliphatic heterocycles. The maximum absolute atomic E-state index is 12.6. The smallest absolute Gasteiger partial charge is 0.260 e. The summed E-state index contributed by atoms with van der Waals surface area (Å²) in [6, 6.07) is 11.7. The van der Waals surface area contributed by atoms with E-state index in [9.17, 15) is 4.79 Å². The van der Waals surface area contributed by atoms with Gasteiger partial charge in [-0.25, -0.2) is 0 Å². The topological polar surface area (TPSA) is 60.5 Å². The van der Waals surface area contributed by atoms with Crippen LogP contribution in [-0.4, -0.2) is 69.8 Å². The van der Waals surface area contributed by atoms with Crippen molar-refractivity contribution in [3.05, 3.63) is 46.4 Å². The molecular weight excluding hydrogens is 452 g/mol. The molecule has 0 N–H and O–H groups in total. The average molecular weight is 479 g/mol. The summed E-state index contributed by atoms with van der Waals surface area (Å²) in [5, 5.41) is 0. The first-order valence-corrected chi connectivity index (χ1v) is 10.5. The van der Waals surface area contributed by atoms with E-state index in [-0.39, 0.29) is 12.5 Å². The van der Waals surface area contributed by atoms with Crippen molar-refractivity contribution in [2.75, 3.05) is 54.1 Å². The molecule has 1 aliphatic rings. The summed E-state index contributed by atoms with van der Waals surface area (Å²) in [6.45, 7) is 3.88. The van der Waals surface area contributed by atoms with Gasteiger partial charge in [0, 0.05) is 49.3 Å². The van der Waals surface area contributed by atoms with Crippen molar-refractivity contribution in [3.63, 3.8) is 0 Å². The molecule has 1 saturated heterocycles. The van der Waals surface area contributed by atoms with Crippen molar-refractivity contribution in [2.45, 2.75) is 6.54 Å². The lowest BCUT2D eigenvalue weighted by atomic mass is 10.2. The molecule has 0 unspecified atom stereocenters. The molecule has 2 aromatic carbocycles. The molecule has 0 aromatic heterocycles. The number of carbonyl (C=O) groups excluding carboxylic acids is 1. The van der Waals surface area contributed by atoms with E-state index in [0.29, 0.717) is 36.1 Å². The minimum Gasteiger partial charge on any atom is -0.493 e. The van der Waals surface area contributed by atoms with Gasteiger partial charge in [-0.15, -0.1) is 0 Å². The summed E-state index contributed by atoms with van der Waals surface area (Å²) in [5.41, 5.74) is 1.26. The summed E-state index contributed by atoms with van der Waals surface area (Å²) >= 11 is 3.51. The standard InChI is InChI=1S/C22H27BrN2O5/c1-27-19-12-18(13-20(28-2)22(19)29-3)30-15-21(26)25-9-7-24(8-10-25)14-16-5-4-6-17(23)11-16/h4-6,11-13H,7-10,14-15H2,1-3H3. The van der Waals surface area contributed by atoms with Crippen molar-refractivity contribution in [1.82, 2.24) is 9.80 Å². The SMILES string of the molecule is COc1cc(OCC(=O)N2CCN(Cc3cccc(Br)c3)CC2)cc(OC)c1OC. The zero-order valence-corrected chi connectivity index (χ0v) is 19.1. The van der Waals surface area contributed by atoms with Crippen LogP contribution in [0.25, 0.3) is 0 Å². The van der Waals surface area contributed by atoms with Gasteiger partial charge in [0.25, 0.3) is 5.91 Å². The molecule has 1 heterocycles. The number of amides is 1. The quantitative estimate of drug-likeness (QED) is 0.580. The summed E-state index contributed by atoms with van der Waals surface area (Å²) in [7, 11) is 4.63. The van der Waals surface area contributed by atoms with Gasteiger partial charge in [0.2, 0.25) is 5.75 Å². The van der Waals surface area contributed by atoms with E-state index in [1.165, 1.54) is 5.56 Å². The van der Waals surface area contributed by atoms with Crippen LogP contribution >= 0.6 is 15.9 Å². The molecule has 8 heteroatoms. The molecule has 162 valence electrons. The number of halogens is 1. The van der Waals surface area contributed by atoms with E-state index in [2.05, 4.69) is 33.0 Å². The minimum absolute atomic E-state index is 0.0362. The normalized spacial score (nSPS) is 14.3. The molecule has 1 amide bonds. The lowest BCUT2D eigenvalue weighted by Crippen LogP contribution is -2.49. The zero-order chi connectivity index (χ0) is 21.5. The molecule has 30 heavy (non-hydrogen) atoms. The second-order valence-electron chi connectivity index (χ2n) is 6.94. The highest BCUT2D eigenvalue weighted by Gasteiger charge is 2.22. The number of hydrogen-bond acceptors (Lipinski definition) is 6. The molecule has 0 spiro atoms. The zero-order valence-electron chi connectivity index (χ0n) is 17.5. The van der Waals surface area contributed by atoms with E-state index in [1.54, 1.807) is 33.5 Å². The fraction of sp³-hybridized carbons (Fsp3) is 0.409. The number of carbonyl (C=O) groups is 1. The maximum Gasteiger partial charge on any atom is 0.260 e.